The molecule has 2 aromatic carbocycles. The fourth-order valence-electron chi connectivity index (χ4n) is 4.11. The van der Waals surface area contributed by atoms with E-state index >= 15 is 0 Å². The Labute approximate surface area is 217 Å². The number of carbonyl (C=O) groups is 1. The van der Waals surface area contributed by atoms with E-state index in [2.05, 4.69) is 18.8 Å². The van der Waals surface area contributed by atoms with E-state index < -0.39 is 0 Å². The fourth-order valence-corrected chi connectivity index (χ4v) is 4.11. The zero-order valence-electron chi connectivity index (χ0n) is 22.0. The van der Waals surface area contributed by atoms with Crippen molar-refractivity contribution in [2.75, 3.05) is 6.61 Å². The van der Waals surface area contributed by atoms with Crippen molar-refractivity contribution in [3.8, 4) is 22.8 Å². The van der Waals surface area contributed by atoms with E-state index in [1.165, 1.54) is 50.5 Å². The number of carbonyl (C=O) groups excluding carboxylic acids is 1. The van der Waals surface area contributed by atoms with Crippen molar-refractivity contribution in [3.63, 3.8) is 0 Å². The van der Waals surface area contributed by atoms with Crippen LogP contribution in [0.2, 0.25) is 0 Å². The van der Waals surface area contributed by atoms with Crippen LogP contribution in [-0.4, -0.2) is 17.6 Å². The topological polar surface area (TPSA) is 48.4 Å². The summed E-state index contributed by atoms with van der Waals surface area (Å²) >= 11 is 0. The summed E-state index contributed by atoms with van der Waals surface area (Å²) in [4.78, 5) is 17.0. The first-order valence-corrected chi connectivity index (χ1v) is 13.7. The molecule has 3 aromatic rings. The van der Waals surface area contributed by atoms with Crippen LogP contribution in [0.4, 0.5) is 0 Å². The van der Waals surface area contributed by atoms with Gasteiger partial charge in [-0.2, -0.15) is 0 Å². The molecule has 192 valence electrons. The number of aryl methyl sites for hydroxylation is 1. The molecule has 0 spiro atoms. The highest BCUT2D eigenvalue weighted by Gasteiger charge is 2.09. The first-order chi connectivity index (χ1) is 17.7. The third-order valence-electron chi connectivity index (χ3n) is 6.37. The Bertz CT molecular complexity index is 1010. The standard InChI is InChI=1S/C32H41NO3/c1-3-5-7-8-9-10-11-12-24-35-30-22-23-31(33-25-30)27-18-20-29(21-19-27)36-32(34)28-16-14-26(15-17-28)13-6-4-2/h14-23,25H,3-13,24H2,1-2H3. The molecule has 0 fully saturated rings. The first kappa shape index (κ1) is 27.4. The van der Waals surface area contributed by atoms with Gasteiger partial charge in [-0.15, -0.1) is 0 Å². The second-order valence-electron chi connectivity index (χ2n) is 9.42. The Morgan fingerprint density at radius 2 is 1.33 bits per heavy atom. The molecule has 0 atom stereocenters. The number of esters is 1. The molecule has 0 aliphatic rings. The van der Waals surface area contributed by atoms with Crippen molar-refractivity contribution in [2.24, 2.45) is 0 Å². The molecule has 0 unspecified atom stereocenters. The summed E-state index contributed by atoms with van der Waals surface area (Å²) in [5, 5.41) is 0. The highest BCUT2D eigenvalue weighted by molar-refractivity contribution is 5.91. The van der Waals surface area contributed by atoms with Gasteiger partial charge in [-0.05, 0) is 73.4 Å². The van der Waals surface area contributed by atoms with Crippen molar-refractivity contribution >= 4 is 5.97 Å². The number of nitrogens with zero attached hydrogens (tertiary/aromatic N) is 1. The van der Waals surface area contributed by atoms with Crippen LogP contribution in [-0.2, 0) is 6.42 Å². The van der Waals surface area contributed by atoms with Gasteiger partial charge >= 0.3 is 5.97 Å². The van der Waals surface area contributed by atoms with Gasteiger partial charge in [-0.1, -0.05) is 77.3 Å². The summed E-state index contributed by atoms with van der Waals surface area (Å²) in [6.45, 7) is 5.16. The lowest BCUT2D eigenvalue weighted by Gasteiger charge is -2.08. The Balaban J connectivity index is 1.41. The van der Waals surface area contributed by atoms with Crippen LogP contribution in [0.5, 0.6) is 11.5 Å². The minimum Gasteiger partial charge on any atom is -0.492 e. The maximum absolute atomic E-state index is 12.5. The molecule has 4 nitrogen and oxygen atoms in total. The van der Waals surface area contributed by atoms with E-state index in [1.54, 1.807) is 18.3 Å². The van der Waals surface area contributed by atoms with Gasteiger partial charge in [0.2, 0.25) is 0 Å². The average molecular weight is 488 g/mol. The van der Waals surface area contributed by atoms with E-state index in [1.807, 2.05) is 48.5 Å². The average Bonchev–Trinajstić information content (AvgIpc) is 2.92. The van der Waals surface area contributed by atoms with Crippen LogP contribution >= 0.6 is 0 Å². The minimum atomic E-state index is -0.346. The zero-order valence-corrected chi connectivity index (χ0v) is 22.0. The van der Waals surface area contributed by atoms with Gasteiger partial charge in [0.25, 0.3) is 0 Å². The summed E-state index contributed by atoms with van der Waals surface area (Å²) in [6.07, 6.45) is 15.4. The van der Waals surface area contributed by atoms with Crippen LogP contribution in [0.1, 0.15) is 94.0 Å². The lowest BCUT2D eigenvalue weighted by Crippen LogP contribution is -2.08. The molecular formula is C32H41NO3. The van der Waals surface area contributed by atoms with E-state index in [4.69, 9.17) is 9.47 Å². The van der Waals surface area contributed by atoms with Crippen LogP contribution in [0.15, 0.2) is 66.9 Å². The molecule has 0 bridgehead atoms. The molecular weight excluding hydrogens is 446 g/mol. The molecule has 0 saturated heterocycles. The predicted molar refractivity (Wildman–Crippen MR) is 148 cm³/mol. The van der Waals surface area contributed by atoms with Crippen molar-refractivity contribution in [3.05, 3.63) is 78.0 Å². The van der Waals surface area contributed by atoms with Gasteiger partial charge in [0, 0.05) is 5.56 Å². The first-order valence-electron chi connectivity index (χ1n) is 13.7. The molecule has 0 aliphatic carbocycles. The zero-order chi connectivity index (χ0) is 25.4. The SMILES string of the molecule is CCCCCCCCCCOc1ccc(-c2ccc(OC(=O)c3ccc(CCCC)cc3)cc2)nc1. The summed E-state index contributed by atoms with van der Waals surface area (Å²) in [5.41, 5.74) is 3.62. The molecule has 0 N–H and O–H groups in total. The Morgan fingerprint density at radius 3 is 1.97 bits per heavy atom. The largest absolute Gasteiger partial charge is 0.492 e. The number of benzene rings is 2. The summed E-state index contributed by atoms with van der Waals surface area (Å²) in [7, 11) is 0. The molecule has 0 amide bonds. The highest BCUT2D eigenvalue weighted by Crippen LogP contribution is 2.23. The molecule has 1 heterocycles. The Morgan fingerprint density at radius 1 is 0.694 bits per heavy atom. The molecule has 1 aromatic heterocycles. The molecule has 36 heavy (non-hydrogen) atoms. The van der Waals surface area contributed by atoms with Crippen molar-refractivity contribution in [1.29, 1.82) is 0 Å². The minimum absolute atomic E-state index is 0.346. The van der Waals surface area contributed by atoms with E-state index in [0.29, 0.717) is 11.3 Å². The molecule has 0 radical (unpaired) electrons. The third-order valence-corrected chi connectivity index (χ3v) is 6.37. The van der Waals surface area contributed by atoms with Crippen LogP contribution in [0, 0.1) is 0 Å². The number of hydrogen-bond donors (Lipinski definition) is 0. The van der Waals surface area contributed by atoms with E-state index in [0.717, 1.165) is 49.3 Å². The summed E-state index contributed by atoms with van der Waals surface area (Å²) in [5.74, 6) is 0.970. The maximum Gasteiger partial charge on any atom is 0.343 e. The molecule has 4 heteroatoms. The number of unbranched alkanes of at least 4 members (excludes halogenated alkanes) is 8. The van der Waals surface area contributed by atoms with Crippen molar-refractivity contribution < 1.29 is 14.3 Å². The maximum atomic E-state index is 12.5. The quantitative estimate of drug-likeness (QED) is 0.115. The van der Waals surface area contributed by atoms with Gasteiger partial charge in [0.1, 0.15) is 11.5 Å². The van der Waals surface area contributed by atoms with Gasteiger partial charge in [0.05, 0.1) is 24.1 Å². The van der Waals surface area contributed by atoms with Gasteiger partial charge in [0.15, 0.2) is 0 Å². The second-order valence-corrected chi connectivity index (χ2v) is 9.42. The number of pyridine rings is 1. The van der Waals surface area contributed by atoms with Gasteiger partial charge in [-0.25, -0.2) is 4.79 Å². The summed E-state index contributed by atoms with van der Waals surface area (Å²) < 4.78 is 11.4. The molecule has 0 aliphatic heterocycles. The molecule has 3 rings (SSSR count). The Kier molecular flexibility index (Phi) is 12.0. The van der Waals surface area contributed by atoms with Gasteiger partial charge in [-0.3, -0.25) is 4.98 Å². The van der Waals surface area contributed by atoms with Crippen LogP contribution < -0.4 is 9.47 Å². The third kappa shape index (κ3) is 9.49. The second kappa shape index (κ2) is 15.8. The number of hydrogen-bond acceptors (Lipinski definition) is 4. The predicted octanol–water partition coefficient (Wildman–Crippen LogP) is 8.83. The molecule has 0 saturated carbocycles. The highest BCUT2D eigenvalue weighted by atomic mass is 16.5. The monoisotopic (exact) mass is 487 g/mol. The number of rotatable bonds is 16. The number of ether oxygens (including phenoxy) is 2. The van der Waals surface area contributed by atoms with E-state index in [9.17, 15) is 4.79 Å². The van der Waals surface area contributed by atoms with Crippen LogP contribution in [0.25, 0.3) is 11.3 Å². The van der Waals surface area contributed by atoms with Crippen molar-refractivity contribution in [2.45, 2.75) is 84.5 Å². The lowest BCUT2D eigenvalue weighted by atomic mass is 10.1. The fraction of sp³-hybridized carbons (Fsp3) is 0.438. The van der Waals surface area contributed by atoms with Crippen molar-refractivity contribution in [1.82, 2.24) is 4.98 Å². The smallest absolute Gasteiger partial charge is 0.343 e. The normalized spacial score (nSPS) is 10.8. The number of aromatic nitrogens is 1. The lowest BCUT2D eigenvalue weighted by molar-refractivity contribution is 0.0734. The van der Waals surface area contributed by atoms with Gasteiger partial charge < -0.3 is 9.47 Å². The van der Waals surface area contributed by atoms with E-state index in [-0.39, 0.29) is 5.97 Å². The Hall–Kier alpha value is -3.14. The summed E-state index contributed by atoms with van der Waals surface area (Å²) in [6, 6.07) is 19.0. The van der Waals surface area contributed by atoms with Crippen LogP contribution in [0.3, 0.4) is 0 Å².